The molecule has 1 N–H and O–H groups in total. The van der Waals surface area contributed by atoms with Gasteiger partial charge in [-0.05, 0) is 68.1 Å². The van der Waals surface area contributed by atoms with Crippen LogP contribution in [-0.2, 0) is 14.8 Å². The molecule has 2 aromatic carbocycles. The van der Waals surface area contributed by atoms with E-state index in [0.29, 0.717) is 18.2 Å². The van der Waals surface area contributed by atoms with Gasteiger partial charge in [0, 0.05) is 44.8 Å². The van der Waals surface area contributed by atoms with E-state index < -0.39 is 16.1 Å². The summed E-state index contributed by atoms with van der Waals surface area (Å²) in [5.74, 6) is 1.60. The van der Waals surface area contributed by atoms with Crippen molar-refractivity contribution in [2.45, 2.75) is 43.7 Å². The highest BCUT2D eigenvalue weighted by Crippen LogP contribution is 2.37. The average Bonchev–Trinajstić information content (AvgIpc) is 2.90. The van der Waals surface area contributed by atoms with Crippen molar-refractivity contribution in [3.05, 3.63) is 42.5 Å². The predicted molar refractivity (Wildman–Crippen MR) is 143 cm³/mol. The number of hydrogen-bond acceptors (Lipinski definition) is 7. The highest BCUT2D eigenvalue weighted by molar-refractivity contribution is 7.89. The summed E-state index contributed by atoms with van der Waals surface area (Å²) in [7, 11) is -0.146. The Labute approximate surface area is 221 Å². The summed E-state index contributed by atoms with van der Waals surface area (Å²) >= 11 is 0. The van der Waals surface area contributed by atoms with Crippen molar-refractivity contribution < 1.29 is 27.7 Å². The second-order valence-electron chi connectivity index (χ2n) is 10.4. The van der Waals surface area contributed by atoms with Gasteiger partial charge in [-0.2, -0.15) is 4.31 Å². The lowest BCUT2D eigenvalue weighted by Gasteiger charge is -2.38. The van der Waals surface area contributed by atoms with E-state index in [0.717, 1.165) is 49.5 Å². The molecule has 0 unspecified atom stereocenters. The number of sulfonamides is 1. The zero-order chi connectivity index (χ0) is 26.6. The van der Waals surface area contributed by atoms with Gasteiger partial charge in [-0.1, -0.05) is 25.1 Å². The molecule has 2 heterocycles. The number of likely N-dealkylation sites (N-methyl/N-ethyl adjacent to an activating group) is 1. The van der Waals surface area contributed by atoms with Crippen LogP contribution in [0.25, 0.3) is 11.1 Å². The van der Waals surface area contributed by atoms with Gasteiger partial charge in [0.25, 0.3) is 0 Å². The molecule has 2 aliphatic heterocycles. The van der Waals surface area contributed by atoms with Crippen molar-refractivity contribution >= 4 is 10.0 Å². The van der Waals surface area contributed by atoms with Gasteiger partial charge >= 0.3 is 0 Å². The van der Waals surface area contributed by atoms with E-state index >= 15 is 0 Å². The van der Waals surface area contributed by atoms with Gasteiger partial charge in [0.2, 0.25) is 10.0 Å². The summed E-state index contributed by atoms with van der Waals surface area (Å²) in [4.78, 5) is 2.43. The number of aliphatic hydroxyl groups is 1. The lowest BCUT2D eigenvalue weighted by molar-refractivity contribution is 0.0402. The zero-order valence-electron chi connectivity index (χ0n) is 22.3. The zero-order valence-corrected chi connectivity index (χ0v) is 23.1. The lowest BCUT2D eigenvalue weighted by atomic mass is 9.98. The molecule has 0 saturated carbocycles. The van der Waals surface area contributed by atoms with E-state index in [2.05, 4.69) is 11.9 Å². The van der Waals surface area contributed by atoms with Gasteiger partial charge in [0.15, 0.2) is 0 Å². The number of fused-ring (bicyclic) bond motifs is 1. The van der Waals surface area contributed by atoms with Crippen molar-refractivity contribution in [3.8, 4) is 22.6 Å². The first-order valence-electron chi connectivity index (χ1n) is 13.1. The monoisotopic (exact) mass is 532 g/mol. The third kappa shape index (κ3) is 6.46. The van der Waals surface area contributed by atoms with Gasteiger partial charge < -0.3 is 24.2 Å². The number of hydrogen-bond donors (Lipinski definition) is 1. The van der Waals surface area contributed by atoms with E-state index in [9.17, 15) is 13.5 Å². The summed E-state index contributed by atoms with van der Waals surface area (Å²) in [6, 6.07) is 12.4. The second kappa shape index (κ2) is 12.1. The standard InChI is InChI=1S/C28H40N2O6S/c1-20-16-30(21(2)19-31)37(32,33)28-10-7-24(23-5-8-25(34-4)9-6-23)15-26(28)36-27(20)18-29(3)17-22-11-13-35-14-12-22/h5-10,15,20-22,27,31H,11-14,16-19H2,1-4H3/t20-,21-,27-/m1/s1. The number of nitrogens with zero attached hydrogens (tertiary/aromatic N) is 2. The minimum absolute atomic E-state index is 0.0845. The molecule has 0 spiro atoms. The molecular weight excluding hydrogens is 492 g/mol. The number of rotatable bonds is 8. The number of ether oxygens (including phenoxy) is 3. The molecule has 3 atom stereocenters. The fraction of sp³-hybridized carbons (Fsp3) is 0.571. The molecule has 1 saturated heterocycles. The minimum Gasteiger partial charge on any atom is -0.497 e. The third-order valence-electron chi connectivity index (χ3n) is 7.49. The SMILES string of the molecule is COc1ccc(-c2ccc3c(c2)O[C@H](CN(C)CC2CCOCC2)[C@H](C)CN([C@H](C)CO)S3(=O)=O)cc1. The predicted octanol–water partition coefficient (Wildman–Crippen LogP) is 3.49. The number of methoxy groups -OCH3 is 1. The minimum atomic E-state index is -3.87. The van der Waals surface area contributed by atoms with Crippen LogP contribution in [0, 0.1) is 11.8 Å². The Morgan fingerprint density at radius 1 is 1.11 bits per heavy atom. The van der Waals surface area contributed by atoms with Crippen molar-refractivity contribution in [1.29, 1.82) is 0 Å². The molecule has 2 aliphatic rings. The quantitative estimate of drug-likeness (QED) is 0.557. The van der Waals surface area contributed by atoms with Crippen molar-refractivity contribution in [2.75, 3.05) is 53.6 Å². The molecule has 2 aromatic rings. The summed E-state index contributed by atoms with van der Waals surface area (Å²) in [5.41, 5.74) is 1.80. The van der Waals surface area contributed by atoms with Crippen LogP contribution in [0.3, 0.4) is 0 Å². The molecular formula is C28H40N2O6S. The molecule has 0 radical (unpaired) electrons. The van der Waals surface area contributed by atoms with Gasteiger partial charge in [0.05, 0.1) is 13.7 Å². The van der Waals surface area contributed by atoms with Gasteiger partial charge in [-0.25, -0.2) is 8.42 Å². The fourth-order valence-electron chi connectivity index (χ4n) is 5.16. The topological polar surface area (TPSA) is 88.5 Å². The first-order chi connectivity index (χ1) is 17.7. The van der Waals surface area contributed by atoms with E-state index in [4.69, 9.17) is 14.2 Å². The number of aliphatic hydroxyl groups excluding tert-OH is 1. The summed E-state index contributed by atoms with van der Waals surface area (Å²) in [5, 5.41) is 9.88. The molecule has 0 aromatic heterocycles. The Hall–Kier alpha value is -2.17. The Kier molecular flexibility index (Phi) is 9.13. The van der Waals surface area contributed by atoms with Crippen molar-refractivity contribution in [3.63, 3.8) is 0 Å². The highest BCUT2D eigenvalue weighted by Gasteiger charge is 2.38. The first-order valence-corrected chi connectivity index (χ1v) is 14.5. The Balaban J connectivity index is 1.68. The molecule has 1 fully saturated rings. The lowest BCUT2D eigenvalue weighted by Crippen LogP contribution is -2.50. The second-order valence-corrected chi connectivity index (χ2v) is 12.3. The maximum absolute atomic E-state index is 13.7. The largest absolute Gasteiger partial charge is 0.497 e. The van der Waals surface area contributed by atoms with Crippen LogP contribution in [0.2, 0.25) is 0 Å². The van der Waals surface area contributed by atoms with Crippen LogP contribution in [0.15, 0.2) is 47.4 Å². The van der Waals surface area contributed by atoms with Gasteiger partial charge in [-0.3, -0.25) is 0 Å². The third-order valence-corrected chi connectivity index (χ3v) is 9.51. The summed E-state index contributed by atoms with van der Waals surface area (Å²) < 4.78 is 46.2. The van der Waals surface area contributed by atoms with E-state index in [1.807, 2.05) is 37.3 Å². The molecule has 8 nitrogen and oxygen atoms in total. The van der Waals surface area contributed by atoms with Gasteiger partial charge in [0.1, 0.15) is 22.5 Å². The molecule has 4 rings (SSSR count). The average molecular weight is 533 g/mol. The van der Waals surface area contributed by atoms with E-state index in [1.165, 1.54) is 4.31 Å². The van der Waals surface area contributed by atoms with Crippen LogP contribution in [0.1, 0.15) is 26.7 Å². The Morgan fingerprint density at radius 3 is 2.43 bits per heavy atom. The molecule has 0 aliphatic carbocycles. The van der Waals surface area contributed by atoms with Crippen LogP contribution in [0.4, 0.5) is 0 Å². The normalized spacial score (nSPS) is 23.5. The first kappa shape index (κ1) is 27.9. The van der Waals surface area contributed by atoms with Crippen molar-refractivity contribution in [2.24, 2.45) is 11.8 Å². The maximum Gasteiger partial charge on any atom is 0.247 e. The summed E-state index contributed by atoms with van der Waals surface area (Å²) in [6.45, 7) is 7.03. The molecule has 37 heavy (non-hydrogen) atoms. The Bertz CT molecular complexity index is 1130. The van der Waals surface area contributed by atoms with Crippen LogP contribution >= 0.6 is 0 Å². The molecule has 9 heteroatoms. The van der Waals surface area contributed by atoms with Crippen LogP contribution < -0.4 is 9.47 Å². The van der Waals surface area contributed by atoms with Gasteiger partial charge in [-0.15, -0.1) is 0 Å². The fourth-order valence-corrected chi connectivity index (χ4v) is 6.98. The molecule has 204 valence electrons. The van der Waals surface area contributed by atoms with Crippen molar-refractivity contribution in [1.82, 2.24) is 9.21 Å². The van der Waals surface area contributed by atoms with E-state index in [1.54, 1.807) is 26.2 Å². The maximum atomic E-state index is 13.7. The Morgan fingerprint density at radius 2 is 1.78 bits per heavy atom. The highest BCUT2D eigenvalue weighted by atomic mass is 32.2. The number of benzene rings is 2. The van der Waals surface area contributed by atoms with Crippen LogP contribution in [0.5, 0.6) is 11.5 Å². The summed E-state index contributed by atoms with van der Waals surface area (Å²) in [6.07, 6.45) is 1.89. The smallest absolute Gasteiger partial charge is 0.247 e. The van der Waals surface area contributed by atoms with Crippen LogP contribution in [-0.4, -0.2) is 88.5 Å². The molecule has 0 amide bonds. The molecule has 0 bridgehead atoms. The van der Waals surface area contributed by atoms with E-state index in [-0.39, 0.29) is 30.1 Å².